The number of thiophene rings is 1. The zero-order chi connectivity index (χ0) is 37.2. The predicted molar refractivity (Wildman–Crippen MR) is 173 cm³/mol. The van der Waals surface area contributed by atoms with E-state index >= 15 is 0 Å². The lowest BCUT2D eigenvalue weighted by Gasteiger charge is -2.33. The topological polar surface area (TPSA) is 215 Å². The second-order valence-corrected chi connectivity index (χ2v) is 13.6. The Labute approximate surface area is 296 Å². The molecule has 2 aliphatic rings. The van der Waals surface area contributed by atoms with Gasteiger partial charge in [-0.05, 0) is 36.8 Å². The van der Waals surface area contributed by atoms with Crippen LogP contribution in [0.3, 0.4) is 0 Å². The molecule has 2 aliphatic carbocycles. The van der Waals surface area contributed by atoms with Gasteiger partial charge >= 0.3 is 24.1 Å². The summed E-state index contributed by atoms with van der Waals surface area (Å²) in [5.41, 5.74) is -2.33. The van der Waals surface area contributed by atoms with Crippen LogP contribution in [0.5, 0.6) is 0 Å². The molecule has 6 atom stereocenters. The van der Waals surface area contributed by atoms with Crippen molar-refractivity contribution in [1.29, 1.82) is 0 Å². The van der Waals surface area contributed by atoms with Gasteiger partial charge in [-0.3, -0.25) is 23.7 Å². The Bertz CT molecular complexity index is 1910. The van der Waals surface area contributed by atoms with E-state index in [4.69, 9.17) is 31.3 Å². The molecule has 2 fully saturated rings. The Balaban J connectivity index is 1.72. The number of nitrogens with one attached hydrogen (secondary N) is 2. The molecular formula is C31H32ClF3N6O9S. The molecule has 3 aromatic heterocycles. The minimum atomic E-state index is -5.13. The number of aliphatic hydroxyl groups is 1. The largest absolute Gasteiger partial charge is 0.481 e. The zero-order valence-corrected chi connectivity index (χ0v) is 28.6. The highest BCUT2D eigenvalue weighted by atomic mass is 35.5. The molecule has 2 saturated carbocycles. The molecule has 274 valence electrons. The number of aliphatic hydroxyl groups excluding tert-OH is 1. The number of fused-ring (bicyclic) bond motifs is 2. The molecule has 3 heterocycles. The smallest absolute Gasteiger partial charge is 0.449 e. The maximum absolute atomic E-state index is 15.0. The van der Waals surface area contributed by atoms with Crippen molar-refractivity contribution in [3.63, 3.8) is 0 Å². The molecule has 5 N–H and O–H groups in total. The molecule has 0 saturated heterocycles. The van der Waals surface area contributed by atoms with Crippen LogP contribution in [0.25, 0.3) is 11.2 Å². The number of rotatable bonds is 14. The Morgan fingerprint density at radius 1 is 1.14 bits per heavy atom. The quantitative estimate of drug-likeness (QED) is 0.0907. The van der Waals surface area contributed by atoms with E-state index in [1.165, 1.54) is 7.05 Å². The number of carboxylic acids is 2. The summed E-state index contributed by atoms with van der Waals surface area (Å²) in [7, 11) is 1.28. The molecule has 0 radical (unpaired) electrons. The van der Waals surface area contributed by atoms with E-state index in [9.17, 15) is 37.5 Å². The SMILES string of the molecule is CCCNc1nc(C#Cc2ccc(Cl)s2)nc2c1nc(C(F)(F)F)n2[C@@H]1C2C[C@@]2(C(=O)NC)[C@@H](OC(=O)CCC(=O)O)[C@H]1OC(O)CCC(=O)O. The number of aliphatic carboxylic acids is 2. The summed E-state index contributed by atoms with van der Waals surface area (Å²) >= 11 is 7.17. The highest BCUT2D eigenvalue weighted by Crippen LogP contribution is 2.70. The average Bonchev–Trinajstić information content (AvgIpc) is 3.31. The third-order valence-electron chi connectivity index (χ3n) is 8.49. The number of carbonyl (C=O) groups excluding carboxylic acids is 2. The fourth-order valence-electron chi connectivity index (χ4n) is 6.32. The first-order valence-electron chi connectivity index (χ1n) is 15.7. The van der Waals surface area contributed by atoms with Gasteiger partial charge in [0.2, 0.25) is 17.6 Å². The van der Waals surface area contributed by atoms with Crippen LogP contribution in [0.4, 0.5) is 19.0 Å². The lowest BCUT2D eigenvalue weighted by molar-refractivity contribution is -0.198. The molecule has 0 spiro atoms. The number of alkyl halides is 3. The van der Waals surface area contributed by atoms with Crippen LogP contribution < -0.4 is 10.6 Å². The number of carbonyl (C=O) groups is 4. The Hall–Kier alpha value is -4.51. The van der Waals surface area contributed by atoms with Crippen molar-refractivity contribution in [2.75, 3.05) is 18.9 Å². The molecule has 0 bridgehead atoms. The number of amides is 1. The number of imidazole rings is 1. The van der Waals surface area contributed by atoms with Gasteiger partial charge in [-0.1, -0.05) is 18.5 Å². The van der Waals surface area contributed by atoms with Crippen molar-refractivity contribution in [2.45, 2.75) is 76.2 Å². The second-order valence-electron chi connectivity index (χ2n) is 11.9. The summed E-state index contributed by atoms with van der Waals surface area (Å²) in [6, 6.07) is 1.72. The van der Waals surface area contributed by atoms with Gasteiger partial charge in [0, 0.05) is 25.9 Å². The fraction of sp³-hybridized carbons (Fsp3) is 0.516. The van der Waals surface area contributed by atoms with Crippen molar-refractivity contribution < 1.29 is 57.1 Å². The fourth-order valence-corrected chi connectivity index (χ4v) is 7.21. The molecule has 0 aliphatic heterocycles. The summed E-state index contributed by atoms with van der Waals surface area (Å²) in [6.07, 6.45) is -12.3. The number of anilines is 1. The maximum Gasteiger partial charge on any atom is 0.449 e. The Morgan fingerprint density at radius 2 is 1.86 bits per heavy atom. The minimum Gasteiger partial charge on any atom is -0.481 e. The number of carboxylic acid groups (broad SMARTS) is 2. The second kappa shape index (κ2) is 15.0. The molecule has 5 rings (SSSR count). The third kappa shape index (κ3) is 7.88. The molecule has 3 aromatic rings. The number of nitrogens with zero attached hydrogens (tertiary/aromatic N) is 4. The minimum absolute atomic E-state index is 0.0680. The normalized spacial score (nSPS) is 22.8. The van der Waals surface area contributed by atoms with Crippen LogP contribution in [0, 0.1) is 23.2 Å². The number of halogens is 4. The lowest BCUT2D eigenvalue weighted by atomic mass is 9.97. The van der Waals surface area contributed by atoms with Crippen LogP contribution in [0.15, 0.2) is 12.1 Å². The number of ether oxygens (including phenoxy) is 2. The van der Waals surface area contributed by atoms with Gasteiger partial charge in [-0.2, -0.15) is 13.2 Å². The van der Waals surface area contributed by atoms with Crippen molar-refractivity contribution in [2.24, 2.45) is 11.3 Å². The van der Waals surface area contributed by atoms with Gasteiger partial charge in [0.1, 0.15) is 12.2 Å². The molecular weight excluding hydrogens is 725 g/mol. The maximum atomic E-state index is 15.0. The number of esters is 1. The van der Waals surface area contributed by atoms with E-state index < -0.39 is 97.4 Å². The van der Waals surface area contributed by atoms with Gasteiger partial charge in [0.25, 0.3) is 0 Å². The van der Waals surface area contributed by atoms with E-state index in [2.05, 4.69) is 37.4 Å². The molecule has 51 heavy (non-hydrogen) atoms. The highest BCUT2D eigenvalue weighted by Gasteiger charge is 2.78. The van der Waals surface area contributed by atoms with Crippen LogP contribution >= 0.6 is 22.9 Å². The lowest BCUT2D eigenvalue weighted by Crippen LogP contribution is -2.47. The Morgan fingerprint density at radius 3 is 2.47 bits per heavy atom. The van der Waals surface area contributed by atoms with Crippen molar-refractivity contribution in [3.05, 3.63) is 33.0 Å². The molecule has 15 nitrogen and oxygen atoms in total. The summed E-state index contributed by atoms with van der Waals surface area (Å²) in [5.74, 6) is -1.59. The first-order chi connectivity index (χ1) is 24.1. The summed E-state index contributed by atoms with van der Waals surface area (Å²) in [4.78, 5) is 61.9. The predicted octanol–water partition coefficient (Wildman–Crippen LogP) is 3.43. The van der Waals surface area contributed by atoms with Gasteiger partial charge in [-0.25, -0.2) is 15.0 Å². The van der Waals surface area contributed by atoms with E-state index in [1.54, 1.807) is 12.1 Å². The summed E-state index contributed by atoms with van der Waals surface area (Å²) < 4.78 is 57.5. The van der Waals surface area contributed by atoms with Crippen molar-refractivity contribution in [3.8, 4) is 11.8 Å². The summed E-state index contributed by atoms with van der Waals surface area (Å²) in [6.45, 7) is 2.11. The van der Waals surface area contributed by atoms with Gasteiger partial charge in [-0.15, -0.1) is 11.3 Å². The Kier molecular flexibility index (Phi) is 11.1. The molecule has 20 heteroatoms. The first kappa shape index (κ1) is 37.7. The average molecular weight is 757 g/mol. The van der Waals surface area contributed by atoms with E-state index in [0.717, 1.165) is 15.9 Å². The van der Waals surface area contributed by atoms with Crippen molar-refractivity contribution in [1.82, 2.24) is 24.8 Å². The molecule has 1 amide bonds. The zero-order valence-electron chi connectivity index (χ0n) is 27.0. The van der Waals surface area contributed by atoms with Crippen LogP contribution in [0.1, 0.15) is 68.0 Å². The molecule has 0 aromatic carbocycles. The highest BCUT2D eigenvalue weighted by molar-refractivity contribution is 7.16. The third-order valence-corrected chi connectivity index (χ3v) is 9.64. The van der Waals surface area contributed by atoms with E-state index in [-0.39, 0.29) is 35.8 Å². The standard InChI is InChI=1S/C31H32ClF3N6O9S/c1-3-12-37-26-22-27(39-17(38-26)7-5-14-4-6-16(32)51-14)41(28(40-22)31(33,34)35)23-15-13-30(15,29(48)36-2)25(50-21(47)11-9-19(44)45)24(23)49-20(46)10-8-18(42)43/h4,6,15,20,23-25,46H,3,8-13H2,1-2H3,(H,36,48)(H,42,43)(H,44,45)(H,37,38,39)/t15?,20?,23-,24+,25+,30+/m1/s1. The monoisotopic (exact) mass is 756 g/mol. The van der Waals surface area contributed by atoms with Gasteiger partial charge in [0.15, 0.2) is 23.3 Å². The number of aromatic nitrogens is 4. The summed E-state index contributed by atoms with van der Waals surface area (Å²) in [5, 5.41) is 34.4. The van der Waals surface area contributed by atoms with Gasteiger partial charge in [0.05, 0.1) is 39.9 Å². The van der Waals surface area contributed by atoms with Crippen LogP contribution in [-0.4, -0.2) is 90.7 Å². The van der Waals surface area contributed by atoms with Crippen LogP contribution in [-0.2, 0) is 34.8 Å². The van der Waals surface area contributed by atoms with E-state index in [0.29, 0.717) is 15.6 Å². The number of hydrogen-bond donors (Lipinski definition) is 5. The van der Waals surface area contributed by atoms with Gasteiger partial charge < -0.3 is 35.4 Å². The molecule has 2 unspecified atom stereocenters. The van der Waals surface area contributed by atoms with E-state index in [1.807, 2.05) is 6.92 Å². The first-order valence-corrected chi connectivity index (χ1v) is 16.9. The van der Waals surface area contributed by atoms with Crippen LogP contribution in [0.2, 0.25) is 4.34 Å². The van der Waals surface area contributed by atoms with Crippen molar-refractivity contribution >= 4 is 63.7 Å². The number of hydrogen-bond acceptors (Lipinski definition) is 12.